The van der Waals surface area contributed by atoms with Gasteiger partial charge in [0.25, 0.3) is 0 Å². The van der Waals surface area contributed by atoms with Gasteiger partial charge in [-0.2, -0.15) is 0 Å². The van der Waals surface area contributed by atoms with Crippen molar-refractivity contribution in [2.45, 2.75) is 18.8 Å². The normalized spacial score (nSPS) is 27.7. The fraction of sp³-hybridized carbons (Fsp3) is 0.417. The lowest BCUT2D eigenvalue weighted by Gasteiger charge is -2.04. The first-order valence-corrected chi connectivity index (χ1v) is 5.32. The number of benzene rings is 1. The Hall–Kier alpha value is -1.51. The summed E-state index contributed by atoms with van der Waals surface area (Å²) in [5.41, 5.74) is 2.74. The molecule has 0 saturated heterocycles. The van der Waals surface area contributed by atoms with Gasteiger partial charge in [-0.05, 0) is 24.0 Å². The second-order valence-electron chi connectivity index (χ2n) is 4.19. The zero-order valence-corrected chi connectivity index (χ0v) is 8.39. The Labute approximate surface area is 88.4 Å². The van der Waals surface area contributed by atoms with Crippen LogP contribution < -0.4 is 4.74 Å². The van der Waals surface area contributed by atoms with Crippen molar-refractivity contribution in [3.8, 4) is 5.75 Å². The summed E-state index contributed by atoms with van der Waals surface area (Å²) < 4.78 is 5.53. The van der Waals surface area contributed by atoms with Crippen molar-refractivity contribution in [2.75, 3.05) is 6.61 Å². The van der Waals surface area contributed by atoms with Crippen LogP contribution in [0.15, 0.2) is 23.4 Å². The van der Waals surface area contributed by atoms with E-state index in [1.165, 1.54) is 11.1 Å². The van der Waals surface area contributed by atoms with Crippen LogP contribution in [0.3, 0.4) is 0 Å². The highest BCUT2D eigenvalue weighted by atomic mass is 16.5. The summed E-state index contributed by atoms with van der Waals surface area (Å²) in [5, 5.41) is 11.6. The summed E-state index contributed by atoms with van der Waals surface area (Å²) in [6.45, 7) is 0.803. The Morgan fingerprint density at radius 2 is 2.40 bits per heavy atom. The maximum absolute atomic E-state index is 8.48. The van der Waals surface area contributed by atoms with Gasteiger partial charge in [-0.25, -0.2) is 0 Å². The molecule has 2 atom stereocenters. The molecule has 0 bridgehead atoms. The molecule has 15 heavy (non-hydrogen) atoms. The monoisotopic (exact) mass is 203 g/mol. The van der Waals surface area contributed by atoms with Gasteiger partial charge in [-0.1, -0.05) is 12.1 Å². The minimum Gasteiger partial charge on any atom is -0.493 e. The van der Waals surface area contributed by atoms with Crippen LogP contribution >= 0.6 is 0 Å². The van der Waals surface area contributed by atoms with Gasteiger partial charge in [0.05, 0.1) is 6.61 Å². The van der Waals surface area contributed by atoms with E-state index in [-0.39, 0.29) is 0 Å². The lowest BCUT2D eigenvalue weighted by molar-refractivity contribution is 0.320. The first-order valence-electron chi connectivity index (χ1n) is 5.32. The fourth-order valence-electron chi connectivity index (χ4n) is 2.42. The summed E-state index contributed by atoms with van der Waals surface area (Å²) in [7, 11) is 0. The highest BCUT2D eigenvalue weighted by Gasteiger charge is 2.39. The maximum atomic E-state index is 8.48. The molecule has 1 aliphatic carbocycles. The number of hydrogen-bond donors (Lipinski definition) is 1. The van der Waals surface area contributed by atoms with Gasteiger partial charge in [-0.15, -0.1) is 5.16 Å². The molecule has 1 fully saturated rings. The van der Waals surface area contributed by atoms with Crippen molar-refractivity contribution in [1.29, 1.82) is 0 Å². The van der Waals surface area contributed by atoms with Crippen molar-refractivity contribution >= 4 is 6.21 Å². The summed E-state index contributed by atoms with van der Waals surface area (Å²) in [5.74, 6) is 2.00. The molecule has 0 unspecified atom stereocenters. The minimum absolute atomic E-state index is 0.419. The number of ether oxygens (including phenoxy) is 1. The van der Waals surface area contributed by atoms with Gasteiger partial charge >= 0.3 is 0 Å². The third kappa shape index (κ3) is 1.39. The van der Waals surface area contributed by atoms with Crippen molar-refractivity contribution in [2.24, 2.45) is 11.1 Å². The predicted octanol–water partition coefficient (Wildman–Crippen LogP) is 2.18. The van der Waals surface area contributed by atoms with Crippen LogP contribution in [0.2, 0.25) is 0 Å². The molecule has 3 nitrogen and oxygen atoms in total. The molecule has 0 aromatic heterocycles. The first-order chi connectivity index (χ1) is 7.40. The van der Waals surface area contributed by atoms with Crippen molar-refractivity contribution in [3.05, 3.63) is 29.3 Å². The Morgan fingerprint density at radius 3 is 3.27 bits per heavy atom. The maximum Gasteiger partial charge on any atom is 0.122 e. The van der Waals surface area contributed by atoms with E-state index >= 15 is 0 Å². The van der Waals surface area contributed by atoms with Crippen LogP contribution in [-0.4, -0.2) is 18.0 Å². The first kappa shape index (κ1) is 8.77. The van der Waals surface area contributed by atoms with E-state index in [1.54, 1.807) is 6.21 Å². The summed E-state index contributed by atoms with van der Waals surface area (Å²) in [6, 6.07) is 6.25. The van der Waals surface area contributed by atoms with E-state index in [9.17, 15) is 0 Å². The number of nitrogens with zero attached hydrogens (tertiary/aromatic N) is 1. The lowest BCUT2D eigenvalue weighted by atomic mass is 10.0. The van der Waals surface area contributed by atoms with Gasteiger partial charge in [0, 0.05) is 24.1 Å². The van der Waals surface area contributed by atoms with Crippen LogP contribution in [0.4, 0.5) is 0 Å². The number of rotatable bonds is 2. The van der Waals surface area contributed by atoms with Gasteiger partial charge in [0.2, 0.25) is 0 Å². The second kappa shape index (κ2) is 3.26. The molecule has 1 N–H and O–H groups in total. The van der Waals surface area contributed by atoms with Gasteiger partial charge in [0.15, 0.2) is 0 Å². The molecule has 3 heteroatoms. The minimum atomic E-state index is 0.419. The highest BCUT2D eigenvalue weighted by molar-refractivity contribution is 5.67. The summed E-state index contributed by atoms with van der Waals surface area (Å²) in [4.78, 5) is 0. The second-order valence-corrected chi connectivity index (χ2v) is 4.19. The van der Waals surface area contributed by atoms with E-state index in [0.29, 0.717) is 11.8 Å². The molecule has 78 valence electrons. The van der Waals surface area contributed by atoms with Gasteiger partial charge in [0.1, 0.15) is 5.75 Å². The van der Waals surface area contributed by atoms with Crippen molar-refractivity contribution in [1.82, 2.24) is 0 Å². The van der Waals surface area contributed by atoms with E-state index in [2.05, 4.69) is 11.2 Å². The zero-order valence-electron chi connectivity index (χ0n) is 8.39. The summed E-state index contributed by atoms with van der Waals surface area (Å²) >= 11 is 0. The van der Waals surface area contributed by atoms with Crippen LogP contribution in [-0.2, 0) is 6.42 Å². The Bertz CT molecular complexity index is 414. The third-order valence-electron chi connectivity index (χ3n) is 3.28. The predicted molar refractivity (Wildman–Crippen MR) is 56.8 cm³/mol. The van der Waals surface area contributed by atoms with Crippen LogP contribution in [0, 0.1) is 5.92 Å². The highest BCUT2D eigenvalue weighted by Crippen LogP contribution is 2.49. The number of oxime groups is 1. The Kier molecular flexibility index (Phi) is 1.91. The molecule has 1 heterocycles. The Balaban J connectivity index is 1.91. The molecule has 3 rings (SSSR count). The van der Waals surface area contributed by atoms with Gasteiger partial charge in [-0.3, -0.25) is 0 Å². The standard InChI is InChI=1S/C12H13NO2/c14-13-7-8-6-11(8)9-2-1-3-12-10(9)4-5-15-12/h1-3,7-8,11,14H,4-6H2/b13-7-/t8-,11+/m0/s1. The summed E-state index contributed by atoms with van der Waals surface area (Å²) in [6.07, 6.45) is 3.76. The molecule has 0 spiro atoms. The van der Waals surface area contributed by atoms with Crippen molar-refractivity contribution < 1.29 is 9.94 Å². The third-order valence-corrected chi connectivity index (χ3v) is 3.28. The Morgan fingerprint density at radius 1 is 1.47 bits per heavy atom. The molecule has 0 radical (unpaired) electrons. The molecule has 2 aliphatic rings. The average molecular weight is 203 g/mol. The average Bonchev–Trinajstić information content (AvgIpc) is 2.84. The van der Waals surface area contributed by atoms with E-state index < -0.39 is 0 Å². The quantitative estimate of drug-likeness (QED) is 0.454. The van der Waals surface area contributed by atoms with Crippen LogP contribution in [0.25, 0.3) is 0 Å². The molecule has 1 aliphatic heterocycles. The van der Waals surface area contributed by atoms with E-state index in [4.69, 9.17) is 9.94 Å². The van der Waals surface area contributed by atoms with E-state index in [1.807, 2.05) is 12.1 Å². The molecule has 1 saturated carbocycles. The number of fused-ring (bicyclic) bond motifs is 1. The lowest BCUT2D eigenvalue weighted by Crippen LogP contribution is -1.91. The smallest absolute Gasteiger partial charge is 0.122 e. The molecule has 0 amide bonds. The zero-order chi connectivity index (χ0) is 10.3. The fourth-order valence-corrected chi connectivity index (χ4v) is 2.42. The largest absolute Gasteiger partial charge is 0.493 e. The molecular weight excluding hydrogens is 190 g/mol. The van der Waals surface area contributed by atoms with Crippen LogP contribution in [0.5, 0.6) is 5.75 Å². The molecule has 1 aromatic rings. The van der Waals surface area contributed by atoms with Gasteiger partial charge < -0.3 is 9.94 Å². The van der Waals surface area contributed by atoms with Crippen LogP contribution in [0.1, 0.15) is 23.5 Å². The topological polar surface area (TPSA) is 41.8 Å². The van der Waals surface area contributed by atoms with E-state index in [0.717, 1.165) is 25.2 Å². The SMILES string of the molecule is O/N=C\[C@@H]1C[C@H]1c1cccc2c1CCO2. The van der Waals surface area contributed by atoms with Crippen molar-refractivity contribution in [3.63, 3.8) is 0 Å². The number of hydrogen-bond acceptors (Lipinski definition) is 3. The molecular formula is C12H13NO2. The molecule has 1 aromatic carbocycles.